The molecule has 2 aromatic heterocycles. The fourth-order valence-corrected chi connectivity index (χ4v) is 1.97. The van der Waals surface area contributed by atoms with E-state index in [0.717, 1.165) is 0 Å². The average molecular weight is 293 g/mol. The van der Waals surface area contributed by atoms with Gasteiger partial charge in [0.25, 0.3) is 11.5 Å². The van der Waals surface area contributed by atoms with E-state index in [1.54, 1.807) is 13.8 Å². The number of nitrogens with zero attached hydrogens (tertiary/aromatic N) is 2. The zero-order valence-electron chi connectivity index (χ0n) is 11.9. The molecule has 0 spiro atoms. The first-order valence-corrected chi connectivity index (χ1v) is 6.33. The molecule has 0 atom stereocenters. The Hall–Kier alpha value is -2.64. The quantitative estimate of drug-likeness (QED) is 0.821. The van der Waals surface area contributed by atoms with Crippen LogP contribution in [0.4, 0.5) is 0 Å². The molecule has 8 nitrogen and oxygen atoms in total. The second-order valence-corrected chi connectivity index (χ2v) is 4.41. The Morgan fingerprint density at radius 1 is 1.48 bits per heavy atom. The molecule has 0 bridgehead atoms. The molecule has 0 saturated heterocycles. The number of hydrogen-bond acceptors (Lipinski definition) is 6. The molecule has 0 aliphatic rings. The maximum atomic E-state index is 12.4. The van der Waals surface area contributed by atoms with Gasteiger partial charge in [-0.3, -0.25) is 14.4 Å². The smallest absolute Gasteiger partial charge is 0.325 e. The molecule has 21 heavy (non-hydrogen) atoms. The van der Waals surface area contributed by atoms with Gasteiger partial charge in [-0.15, -0.1) is 0 Å². The van der Waals surface area contributed by atoms with Gasteiger partial charge in [0.05, 0.1) is 18.5 Å². The number of rotatable bonds is 4. The van der Waals surface area contributed by atoms with E-state index in [4.69, 9.17) is 9.15 Å². The van der Waals surface area contributed by atoms with E-state index in [1.807, 2.05) is 0 Å². The van der Waals surface area contributed by atoms with Crippen LogP contribution >= 0.6 is 0 Å². The summed E-state index contributed by atoms with van der Waals surface area (Å²) in [5.41, 5.74) is -0.278. The number of carbonyl (C=O) groups is 2. The number of amides is 1. The van der Waals surface area contributed by atoms with E-state index < -0.39 is 17.4 Å². The Bertz CT molecular complexity index is 746. The predicted octanol–water partition coefficient (Wildman–Crippen LogP) is 0.460. The van der Waals surface area contributed by atoms with Gasteiger partial charge in [-0.1, -0.05) is 0 Å². The normalized spacial score (nSPS) is 10.6. The lowest BCUT2D eigenvalue weighted by Crippen LogP contribution is -2.33. The van der Waals surface area contributed by atoms with Crippen molar-refractivity contribution < 1.29 is 18.7 Å². The molecule has 0 aliphatic carbocycles. The van der Waals surface area contributed by atoms with Crippen molar-refractivity contribution in [3.05, 3.63) is 28.0 Å². The Labute approximate surface area is 119 Å². The third kappa shape index (κ3) is 2.78. The van der Waals surface area contributed by atoms with Crippen LogP contribution < -0.4 is 5.56 Å². The minimum absolute atomic E-state index is 0.0794. The summed E-state index contributed by atoms with van der Waals surface area (Å²) in [6.45, 7) is 3.26. The van der Waals surface area contributed by atoms with Gasteiger partial charge >= 0.3 is 5.97 Å². The molecule has 0 aliphatic heterocycles. The second kappa shape index (κ2) is 5.78. The van der Waals surface area contributed by atoms with Crippen molar-refractivity contribution in [2.24, 2.45) is 0 Å². The number of esters is 1. The van der Waals surface area contributed by atoms with Crippen molar-refractivity contribution in [1.82, 2.24) is 14.9 Å². The molecule has 0 saturated carbocycles. The lowest BCUT2D eigenvalue weighted by atomic mass is 10.1. The SMILES string of the molecule is CCOC(=O)CN(C)C(=O)c1c(C)oc2nc[nH]c(=O)c12. The summed E-state index contributed by atoms with van der Waals surface area (Å²) < 4.78 is 10.1. The molecule has 1 N–H and O–H groups in total. The van der Waals surface area contributed by atoms with Crippen molar-refractivity contribution in [2.75, 3.05) is 20.2 Å². The summed E-state index contributed by atoms with van der Waals surface area (Å²) in [6.07, 6.45) is 1.20. The molecule has 112 valence electrons. The summed E-state index contributed by atoms with van der Waals surface area (Å²) in [5.74, 6) is -0.751. The molecular weight excluding hydrogens is 278 g/mol. The Kier molecular flexibility index (Phi) is 4.06. The van der Waals surface area contributed by atoms with Crippen LogP contribution in [0.15, 0.2) is 15.5 Å². The number of hydrogen-bond donors (Lipinski definition) is 1. The maximum Gasteiger partial charge on any atom is 0.325 e. The third-order valence-electron chi connectivity index (χ3n) is 2.90. The van der Waals surface area contributed by atoms with E-state index in [9.17, 15) is 14.4 Å². The summed E-state index contributed by atoms with van der Waals surface area (Å²) in [4.78, 5) is 43.1. The van der Waals surface area contributed by atoms with Gasteiger partial charge in [0, 0.05) is 7.05 Å². The summed E-state index contributed by atoms with van der Waals surface area (Å²) in [5, 5.41) is 0.0794. The highest BCUT2D eigenvalue weighted by atomic mass is 16.5. The van der Waals surface area contributed by atoms with E-state index in [1.165, 1.54) is 18.3 Å². The van der Waals surface area contributed by atoms with Gasteiger partial charge in [-0.2, -0.15) is 0 Å². The molecule has 2 aromatic rings. The maximum absolute atomic E-state index is 12.4. The second-order valence-electron chi connectivity index (χ2n) is 4.41. The monoisotopic (exact) mass is 293 g/mol. The Morgan fingerprint density at radius 3 is 2.86 bits per heavy atom. The highest BCUT2D eigenvalue weighted by Crippen LogP contribution is 2.21. The first-order chi connectivity index (χ1) is 9.95. The van der Waals surface area contributed by atoms with Crippen LogP contribution in [0.25, 0.3) is 11.1 Å². The van der Waals surface area contributed by atoms with Gasteiger partial charge in [0.2, 0.25) is 5.71 Å². The van der Waals surface area contributed by atoms with Crippen molar-refractivity contribution in [3.63, 3.8) is 0 Å². The van der Waals surface area contributed by atoms with Gasteiger partial charge in [0.1, 0.15) is 17.7 Å². The number of furan rings is 1. The number of ether oxygens (including phenoxy) is 1. The molecule has 2 rings (SSSR count). The number of fused-ring (bicyclic) bond motifs is 1. The number of nitrogens with one attached hydrogen (secondary N) is 1. The molecule has 0 unspecified atom stereocenters. The van der Waals surface area contributed by atoms with Crippen LogP contribution in [-0.4, -0.2) is 46.9 Å². The predicted molar refractivity (Wildman–Crippen MR) is 73.0 cm³/mol. The van der Waals surface area contributed by atoms with Gasteiger partial charge < -0.3 is 19.0 Å². The minimum atomic E-state index is -0.522. The fraction of sp³-hybridized carbons (Fsp3) is 0.385. The van der Waals surface area contributed by atoms with Crippen LogP contribution in [0.3, 0.4) is 0 Å². The number of aromatic nitrogens is 2. The van der Waals surface area contributed by atoms with Crippen LogP contribution in [0, 0.1) is 6.92 Å². The molecule has 0 aromatic carbocycles. The lowest BCUT2D eigenvalue weighted by Gasteiger charge is -2.15. The highest BCUT2D eigenvalue weighted by molar-refractivity contribution is 6.06. The molecule has 1 amide bonds. The van der Waals surface area contributed by atoms with E-state index in [2.05, 4.69) is 9.97 Å². The number of likely N-dealkylation sites (N-methyl/N-ethyl adjacent to an activating group) is 1. The number of H-pyrrole nitrogens is 1. The van der Waals surface area contributed by atoms with Crippen molar-refractivity contribution in [1.29, 1.82) is 0 Å². The van der Waals surface area contributed by atoms with Crippen molar-refractivity contribution in [3.8, 4) is 0 Å². The minimum Gasteiger partial charge on any atom is -0.465 e. The summed E-state index contributed by atoms with van der Waals surface area (Å²) in [6, 6.07) is 0. The van der Waals surface area contributed by atoms with Crippen molar-refractivity contribution >= 4 is 23.0 Å². The Morgan fingerprint density at radius 2 is 2.19 bits per heavy atom. The first kappa shape index (κ1) is 14.8. The van der Waals surface area contributed by atoms with E-state index in [0.29, 0.717) is 0 Å². The summed E-state index contributed by atoms with van der Waals surface area (Å²) in [7, 11) is 1.45. The highest BCUT2D eigenvalue weighted by Gasteiger charge is 2.25. The number of aromatic amines is 1. The Balaban J connectivity index is 2.37. The molecule has 2 heterocycles. The van der Waals surface area contributed by atoms with E-state index >= 15 is 0 Å². The lowest BCUT2D eigenvalue weighted by molar-refractivity contribution is -0.143. The summed E-state index contributed by atoms with van der Waals surface area (Å²) >= 11 is 0. The van der Waals surface area contributed by atoms with Crippen LogP contribution in [0.1, 0.15) is 23.0 Å². The van der Waals surface area contributed by atoms with E-state index in [-0.39, 0.29) is 35.6 Å². The zero-order valence-corrected chi connectivity index (χ0v) is 11.9. The molecule has 8 heteroatoms. The molecular formula is C13H15N3O5. The fourth-order valence-electron chi connectivity index (χ4n) is 1.97. The van der Waals surface area contributed by atoms with Gasteiger partial charge in [-0.05, 0) is 13.8 Å². The largest absolute Gasteiger partial charge is 0.465 e. The topological polar surface area (TPSA) is 106 Å². The molecule has 0 fully saturated rings. The van der Waals surface area contributed by atoms with Gasteiger partial charge in [0.15, 0.2) is 0 Å². The zero-order chi connectivity index (χ0) is 15.6. The average Bonchev–Trinajstić information content (AvgIpc) is 2.75. The van der Waals surface area contributed by atoms with Crippen LogP contribution in [-0.2, 0) is 9.53 Å². The standard InChI is InChI=1S/C13H15N3O5/c1-4-20-8(17)5-16(3)13(19)9-7(2)21-12-10(9)11(18)14-6-15-12/h6H,4-5H2,1-3H3,(H,14,15,18). The van der Waals surface area contributed by atoms with Gasteiger partial charge in [-0.25, -0.2) is 4.98 Å². The number of carbonyl (C=O) groups excluding carboxylic acids is 2. The van der Waals surface area contributed by atoms with Crippen LogP contribution in [0.2, 0.25) is 0 Å². The third-order valence-corrected chi connectivity index (χ3v) is 2.90. The first-order valence-electron chi connectivity index (χ1n) is 6.33. The molecule has 0 radical (unpaired) electrons. The van der Waals surface area contributed by atoms with Crippen LogP contribution in [0.5, 0.6) is 0 Å². The van der Waals surface area contributed by atoms with Crippen molar-refractivity contribution in [2.45, 2.75) is 13.8 Å². The number of aryl methyl sites for hydroxylation is 1.